The second-order valence-electron chi connectivity index (χ2n) is 5.13. The Labute approximate surface area is 140 Å². The minimum atomic E-state index is -0.573. The number of ether oxygens (including phenoxy) is 1. The van der Waals surface area contributed by atoms with Crippen molar-refractivity contribution in [3.8, 4) is 0 Å². The number of aryl methyl sites for hydroxylation is 1. The van der Waals surface area contributed by atoms with Gasteiger partial charge in [0.15, 0.2) is 5.78 Å². The van der Waals surface area contributed by atoms with Crippen LogP contribution in [-0.4, -0.2) is 24.3 Å². The predicted molar refractivity (Wildman–Crippen MR) is 90.9 cm³/mol. The summed E-state index contributed by atoms with van der Waals surface area (Å²) in [6.45, 7) is 1.99. The second-order valence-corrected chi connectivity index (χ2v) is 5.40. The Morgan fingerprint density at radius 3 is 2.30 bits per heavy atom. The summed E-state index contributed by atoms with van der Waals surface area (Å²) < 4.78 is 5.31. The van der Waals surface area contributed by atoms with E-state index >= 15 is 0 Å². The van der Waals surface area contributed by atoms with Gasteiger partial charge in [0.1, 0.15) is 6.61 Å². The highest BCUT2D eigenvalue weighted by Gasteiger charge is 2.20. The monoisotopic (exact) mass is 331 g/mol. The van der Waals surface area contributed by atoms with E-state index in [1.165, 1.54) is 4.90 Å². The van der Waals surface area contributed by atoms with E-state index in [0.717, 1.165) is 11.1 Å². The highest BCUT2D eigenvalue weighted by Crippen LogP contribution is 2.17. The SMILES string of the molecule is Cc1ccc(N(CC(=O)CCl)C(=O)OCc2ccccc2)cc1. The minimum Gasteiger partial charge on any atom is -0.444 e. The topological polar surface area (TPSA) is 46.6 Å². The molecule has 23 heavy (non-hydrogen) atoms. The first-order valence-electron chi connectivity index (χ1n) is 7.22. The first-order chi connectivity index (χ1) is 11.1. The summed E-state index contributed by atoms with van der Waals surface area (Å²) in [5.41, 5.74) is 2.55. The molecule has 0 aliphatic carbocycles. The van der Waals surface area contributed by atoms with Gasteiger partial charge in [0.25, 0.3) is 0 Å². The van der Waals surface area contributed by atoms with E-state index in [2.05, 4.69) is 0 Å². The quantitative estimate of drug-likeness (QED) is 0.753. The summed E-state index contributed by atoms with van der Waals surface area (Å²) in [7, 11) is 0. The van der Waals surface area contributed by atoms with Gasteiger partial charge in [-0.3, -0.25) is 9.69 Å². The summed E-state index contributed by atoms with van der Waals surface area (Å²) in [5, 5.41) is 0. The van der Waals surface area contributed by atoms with Gasteiger partial charge in [-0.15, -0.1) is 11.6 Å². The number of carbonyl (C=O) groups excluding carboxylic acids is 2. The molecule has 0 unspecified atom stereocenters. The first kappa shape index (κ1) is 17.0. The number of ketones is 1. The van der Waals surface area contributed by atoms with E-state index < -0.39 is 6.09 Å². The van der Waals surface area contributed by atoms with Gasteiger partial charge < -0.3 is 4.74 Å². The molecule has 0 bridgehead atoms. The molecule has 0 N–H and O–H groups in total. The molecule has 1 amide bonds. The Morgan fingerprint density at radius 2 is 1.70 bits per heavy atom. The van der Waals surface area contributed by atoms with E-state index in [0.29, 0.717) is 5.69 Å². The zero-order valence-electron chi connectivity index (χ0n) is 12.9. The van der Waals surface area contributed by atoms with Crippen LogP contribution in [0, 0.1) is 6.92 Å². The number of hydrogen-bond acceptors (Lipinski definition) is 3. The summed E-state index contributed by atoms with van der Waals surface area (Å²) in [6, 6.07) is 16.7. The van der Waals surface area contributed by atoms with Crippen LogP contribution in [0.25, 0.3) is 0 Å². The van der Waals surface area contributed by atoms with Gasteiger partial charge in [-0.05, 0) is 24.6 Å². The molecule has 2 aromatic carbocycles. The van der Waals surface area contributed by atoms with Crippen LogP contribution in [-0.2, 0) is 16.1 Å². The summed E-state index contributed by atoms with van der Waals surface area (Å²) in [6.07, 6.45) is -0.573. The molecule has 2 rings (SSSR count). The predicted octanol–water partition coefficient (Wildman–Crippen LogP) is 3.95. The van der Waals surface area contributed by atoms with Crippen molar-refractivity contribution in [1.29, 1.82) is 0 Å². The molecule has 2 aromatic rings. The molecule has 0 aliphatic rings. The van der Waals surface area contributed by atoms with Gasteiger partial charge in [-0.25, -0.2) is 4.79 Å². The minimum absolute atomic E-state index is 0.111. The molecule has 120 valence electrons. The fraction of sp³-hybridized carbons (Fsp3) is 0.222. The lowest BCUT2D eigenvalue weighted by Gasteiger charge is -2.21. The highest BCUT2D eigenvalue weighted by atomic mass is 35.5. The van der Waals surface area contributed by atoms with Crippen LogP contribution in [0.3, 0.4) is 0 Å². The largest absolute Gasteiger partial charge is 0.444 e. The van der Waals surface area contributed by atoms with Crippen LogP contribution in [0.15, 0.2) is 54.6 Å². The maximum absolute atomic E-state index is 12.4. The van der Waals surface area contributed by atoms with Crippen molar-refractivity contribution < 1.29 is 14.3 Å². The van der Waals surface area contributed by atoms with Gasteiger partial charge in [0.2, 0.25) is 0 Å². The molecule has 0 spiro atoms. The molecule has 0 aromatic heterocycles. The number of nitrogens with zero attached hydrogens (tertiary/aromatic N) is 1. The van der Waals surface area contributed by atoms with E-state index in [9.17, 15) is 9.59 Å². The number of carbonyl (C=O) groups is 2. The van der Waals surface area contributed by atoms with Crippen LogP contribution in [0.2, 0.25) is 0 Å². The molecule has 0 atom stereocenters. The van der Waals surface area contributed by atoms with E-state index in [1.54, 1.807) is 12.1 Å². The third-order valence-electron chi connectivity index (χ3n) is 3.25. The molecule has 0 radical (unpaired) electrons. The first-order valence-corrected chi connectivity index (χ1v) is 7.76. The van der Waals surface area contributed by atoms with Crippen molar-refractivity contribution in [3.05, 3.63) is 65.7 Å². The summed E-state index contributed by atoms with van der Waals surface area (Å²) in [4.78, 5) is 25.3. The lowest BCUT2D eigenvalue weighted by molar-refractivity contribution is -0.115. The number of Topliss-reactive ketones (excluding diaryl/α,β-unsaturated/α-hetero) is 1. The number of amides is 1. The van der Waals surface area contributed by atoms with Gasteiger partial charge in [-0.2, -0.15) is 0 Å². The van der Waals surface area contributed by atoms with E-state index in [4.69, 9.17) is 16.3 Å². The van der Waals surface area contributed by atoms with Crippen molar-refractivity contribution in [2.24, 2.45) is 0 Å². The third kappa shape index (κ3) is 5.11. The number of anilines is 1. The Morgan fingerprint density at radius 1 is 1.04 bits per heavy atom. The Balaban J connectivity index is 2.10. The molecule has 0 saturated heterocycles. The maximum atomic E-state index is 12.4. The molecular formula is C18H18ClNO3. The van der Waals surface area contributed by atoms with Crippen molar-refractivity contribution in [1.82, 2.24) is 0 Å². The molecule has 5 heteroatoms. The average molecular weight is 332 g/mol. The van der Waals surface area contributed by atoms with Crippen LogP contribution in [0.1, 0.15) is 11.1 Å². The average Bonchev–Trinajstić information content (AvgIpc) is 2.59. The fourth-order valence-electron chi connectivity index (χ4n) is 2.00. The van der Waals surface area contributed by atoms with Crippen LogP contribution < -0.4 is 4.90 Å². The van der Waals surface area contributed by atoms with E-state index in [-0.39, 0.29) is 24.8 Å². The summed E-state index contributed by atoms with van der Waals surface area (Å²) >= 11 is 5.56. The molecule has 0 heterocycles. The van der Waals surface area contributed by atoms with Gasteiger partial charge >= 0.3 is 6.09 Å². The maximum Gasteiger partial charge on any atom is 0.415 e. The highest BCUT2D eigenvalue weighted by molar-refractivity contribution is 6.28. The second kappa shape index (κ2) is 8.34. The van der Waals surface area contributed by atoms with Gasteiger partial charge in [0.05, 0.1) is 12.4 Å². The number of alkyl halides is 1. The Kier molecular flexibility index (Phi) is 6.18. The van der Waals surface area contributed by atoms with Crippen molar-refractivity contribution in [2.75, 3.05) is 17.3 Å². The molecule has 0 saturated carbocycles. The molecule has 4 nitrogen and oxygen atoms in total. The standard InChI is InChI=1S/C18H18ClNO3/c1-14-7-9-16(10-8-14)20(12-17(21)11-19)18(22)23-13-15-5-3-2-4-6-15/h2-10H,11-13H2,1H3. The molecule has 0 aliphatic heterocycles. The van der Waals surface area contributed by atoms with Gasteiger partial charge in [0, 0.05) is 5.69 Å². The zero-order valence-corrected chi connectivity index (χ0v) is 13.6. The van der Waals surface area contributed by atoms with Crippen LogP contribution in [0.5, 0.6) is 0 Å². The summed E-state index contributed by atoms with van der Waals surface area (Å²) in [5.74, 6) is -0.391. The Bertz CT molecular complexity index is 656. The number of halogens is 1. The van der Waals surface area contributed by atoms with Crippen LogP contribution in [0.4, 0.5) is 10.5 Å². The molecule has 0 fully saturated rings. The van der Waals surface area contributed by atoms with Gasteiger partial charge in [-0.1, -0.05) is 48.0 Å². The fourth-order valence-corrected chi connectivity index (χ4v) is 2.09. The molecular weight excluding hydrogens is 314 g/mol. The smallest absolute Gasteiger partial charge is 0.415 e. The lowest BCUT2D eigenvalue weighted by atomic mass is 10.2. The van der Waals surface area contributed by atoms with E-state index in [1.807, 2.05) is 49.4 Å². The van der Waals surface area contributed by atoms with Crippen molar-refractivity contribution >= 4 is 29.2 Å². The van der Waals surface area contributed by atoms with Crippen molar-refractivity contribution in [2.45, 2.75) is 13.5 Å². The third-order valence-corrected chi connectivity index (χ3v) is 3.55. The van der Waals surface area contributed by atoms with Crippen molar-refractivity contribution in [3.63, 3.8) is 0 Å². The normalized spacial score (nSPS) is 10.2. The van der Waals surface area contributed by atoms with Crippen LogP contribution >= 0.6 is 11.6 Å². The lowest BCUT2D eigenvalue weighted by Crippen LogP contribution is -2.36. The number of hydrogen-bond donors (Lipinski definition) is 0. The number of benzene rings is 2. The Hall–Kier alpha value is -2.33. The zero-order chi connectivity index (χ0) is 16.7. The number of rotatable bonds is 6.